The molecule has 3 aromatic rings. The van der Waals surface area contributed by atoms with Crippen molar-refractivity contribution < 1.29 is 51.5 Å². The molecule has 70 heavy (non-hydrogen) atoms. The summed E-state index contributed by atoms with van der Waals surface area (Å²) in [6, 6.07) is 18.2. The summed E-state index contributed by atoms with van der Waals surface area (Å²) in [6.07, 6.45) is 3.63. The normalized spacial score (nSPS) is 14.6. The fourth-order valence-electron chi connectivity index (χ4n) is 7.68. The Balaban J connectivity index is 1.33. The molecule has 0 spiro atoms. The van der Waals surface area contributed by atoms with Crippen LogP contribution < -0.4 is 31.9 Å². The molecule has 6 N–H and O–H groups in total. The van der Waals surface area contributed by atoms with Crippen molar-refractivity contribution in [3.05, 3.63) is 90.0 Å². The van der Waals surface area contributed by atoms with E-state index in [4.69, 9.17) is 9.47 Å². The van der Waals surface area contributed by atoms with Gasteiger partial charge in [0.25, 0.3) is 0 Å². The van der Waals surface area contributed by atoms with Crippen LogP contribution in [0.25, 0.3) is 0 Å². The average Bonchev–Trinajstić information content (AvgIpc) is 3.83. The summed E-state index contributed by atoms with van der Waals surface area (Å²) in [5, 5.41) is 16.6. The molecule has 1 unspecified atom stereocenters. The summed E-state index contributed by atoms with van der Waals surface area (Å²) in [6.45, 7) is 8.06. The number of para-hydroxylation sites is 1. The first-order valence-electron chi connectivity index (χ1n) is 23.7. The summed E-state index contributed by atoms with van der Waals surface area (Å²) < 4.78 is 38.2. The van der Waals surface area contributed by atoms with E-state index in [1.54, 1.807) is 69.3 Å². The predicted molar refractivity (Wildman–Crippen MR) is 265 cm³/mol. The summed E-state index contributed by atoms with van der Waals surface area (Å²) in [7, 11) is -1.32. The zero-order chi connectivity index (χ0) is 51.3. The number of alkyl carbamates (subject to hydrolysis) is 1. The third-order valence-electron chi connectivity index (χ3n) is 11.5. The molecule has 1 aliphatic heterocycles. The number of methoxy groups -OCH3 is 1. The van der Waals surface area contributed by atoms with Gasteiger partial charge in [0, 0.05) is 51.0 Å². The SMILES string of the molecule is COC(=O)[C@H](CCNC(=O)[C@H](CCCCNC(=O)CCCCCNC(=O)OC(C)(C)C)N(C)C(=O)Cc1ccc(NC(=O)Nc2ccccc2C)cc1)NC(=O)C1CCCN1S(=O)(=O)c1ccccc1. The third-order valence-corrected chi connectivity index (χ3v) is 13.4. The van der Waals surface area contributed by atoms with Gasteiger partial charge in [0.15, 0.2) is 0 Å². The van der Waals surface area contributed by atoms with Gasteiger partial charge >= 0.3 is 18.1 Å². The molecule has 0 saturated carbocycles. The number of ether oxygens (including phenoxy) is 2. The van der Waals surface area contributed by atoms with E-state index in [1.807, 2.05) is 25.1 Å². The molecule has 20 heteroatoms. The number of aryl methyl sites for hydroxylation is 1. The molecule has 0 radical (unpaired) electrons. The second-order valence-electron chi connectivity index (χ2n) is 18.1. The molecule has 4 rings (SSSR count). The van der Waals surface area contributed by atoms with E-state index < -0.39 is 63.7 Å². The molecular weight excluding hydrogens is 921 g/mol. The number of hydrogen-bond acceptors (Lipinski definition) is 11. The molecule has 19 nitrogen and oxygen atoms in total. The zero-order valence-electron chi connectivity index (χ0n) is 41.1. The Hall–Kier alpha value is -6.54. The Labute approximate surface area is 411 Å². The Kier molecular flexibility index (Phi) is 22.1. The van der Waals surface area contributed by atoms with Crippen LogP contribution in [-0.2, 0) is 49.9 Å². The van der Waals surface area contributed by atoms with Gasteiger partial charge in [-0.3, -0.25) is 19.2 Å². The topological polar surface area (TPSA) is 251 Å². The largest absolute Gasteiger partial charge is 0.467 e. The molecule has 1 fully saturated rings. The van der Waals surface area contributed by atoms with Gasteiger partial charge in [-0.05, 0) is 121 Å². The number of carbonyl (C=O) groups is 7. The van der Waals surface area contributed by atoms with Gasteiger partial charge in [0.1, 0.15) is 23.7 Å². The Morgan fingerprint density at radius 1 is 0.786 bits per heavy atom. The lowest BCUT2D eigenvalue weighted by Gasteiger charge is -2.28. The number of esters is 1. The van der Waals surface area contributed by atoms with Crippen molar-refractivity contribution in [2.24, 2.45) is 0 Å². The van der Waals surface area contributed by atoms with Gasteiger partial charge in [0.05, 0.1) is 18.4 Å². The fraction of sp³-hybridized carbons (Fsp3) is 0.500. The number of nitrogens with one attached hydrogen (secondary N) is 6. The van der Waals surface area contributed by atoms with Gasteiger partial charge in [-0.15, -0.1) is 0 Å². The van der Waals surface area contributed by atoms with E-state index in [2.05, 4.69) is 31.9 Å². The van der Waals surface area contributed by atoms with Crippen LogP contribution in [0.1, 0.15) is 96.1 Å². The Morgan fingerprint density at radius 3 is 2.14 bits per heavy atom. The van der Waals surface area contributed by atoms with Crippen LogP contribution in [-0.4, -0.2) is 123 Å². The lowest BCUT2D eigenvalue weighted by Crippen LogP contribution is -2.52. The van der Waals surface area contributed by atoms with Crippen LogP contribution >= 0.6 is 0 Å². The maximum Gasteiger partial charge on any atom is 0.407 e. The molecule has 382 valence electrons. The van der Waals surface area contributed by atoms with Crippen molar-refractivity contribution >= 4 is 63.1 Å². The first-order valence-corrected chi connectivity index (χ1v) is 25.2. The van der Waals surface area contributed by atoms with Crippen molar-refractivity contribution in [3.8, 4) is 0 Å². The van der Waals surface area contributed by atoms with Crippen LogP contribution in [0.5, 0.6) is 0 Å². The van der Waals surface area contributed by atoms with E-state index in [-0.39, 0.29) is 55.5 Å². The molecule has 3 aromatic carbocycles. The summed E-state index contributed by atoms with van der Waals surface area (Å²) in [5.74, 6) is -2.45. The molecule has 1 saturated heterocycles. The molecule has 1 aliphatic rings. The molecular formula is C50H70N8O11S. The minimum absolute atomic E-state index is 0.0465. The number of unbranched alkanes of at least 4 members (excludes halogenated alkanes) is 3. The number of rotatable bonds is 25. The number of hydrogen-bond donors (Lipinski definition) is 6. The van der Waals surface area contributed by atoms with Gasteiger partial charge in [-0.25, -0.2) is 22.8 Å². The second kappa shape index (κ2) is 27.6. The van der Waals surface area contributed by atoms with Crippen LogP contribution in [0, 0.1) is 6.92 Å². The van der Waals surface area contributed by atoms with Gasteiger partial charge in [0.2, 0.25) is 33.7 Å². The van der Waals surface area contributed by atoms with Crippen LogP contribution in [0.4, 0.5) is 21.0 Å². The Morgan fingerprint density at radius 2 is 1.46 bits per heavy atom. The standard InChI is InChI=1S/C50H70N8O11S/c1-35-18-12-13-21-39(35)56-48(64)54-37-27-25-36(26-28-37)34-44(60)57(5)41(22-14-16-30-51-43(59)24-11-8-15-31-53-49(65)69-50(2,3)4)45(61)52-32-29-40(47(63)68-6)55-46(62)42-23-17-33-58(42)70(66,67)38-19-9-7-10-20-38/h7,9-10,12-13,18-21,25-28,40-42H,8,11,14-17,22-24,29-34H2,1-6H3,(H,51,59)(H,52,61)(H,53,65)(H,55,62)(H2,54,56,64)/t40-,41-,42?/m0/s1. The highest BCUT2D eigenvalue weighted by molar-refractivity contribution is 7.89. The second-order valence-corrected chi connectivity index (χ2v) is 20.0. The minimum atomic E-state index is -4.00. The number of nitrogens with zero attached hydrogens (tertiary/aromatic N) is 2. The number of urea groups is 1. The molecule has 0 aliphatic carbocycles. The van der Waals surface area contributed by atoms with E-state index in [1.165, 1.54) is 24.1 Å². The average molecular weight is 991 g/mol. The molecule has 1 heterocycles. The van der Waals surface area contributed by atoms with E-state index in [0.717, 1.165) is 23.4 Å². The van der Waals surface area contributed by atoms with Crippen molar-refractivity contribution in [1.82, 2.24) is 30.5 Å². The lowest BCUT2D eigenvalue weighted by molar-refractivity contribution is -0.145. The minimum Gasteiger partial charge on any atom is -0.467 e. The Bertz CT molecular complexity index is 2340. The lowest BCUT2D eigenvalue weighted by atomic mass is 10.0. The predicted octanol–water partition coefficient (Wildman–Crippen LogP) is 5.40. The maximum absolute atomic E-state index is 13.9. The van der Waals surface area contributed by atoms with Gasteiger partial charge in [-0.2, -0.15) is 4.31 Å². The van der Waals surface area contributed by atoms with E-state index in [9.17, 15) is 42.0 Å². The maximum atomic E-state index is 13.9. The molecule has 0 aromatic heterocycles. The quantitative estimate of drug-likeness (QED) is 0.0463. The number of sulfonamides is 1. The number of anilines is 2. The first kappa shape index (κ1) is 56.1. The van der Waals surface area contributed by atoms with E-state index >= 15 is 0 Å². The van der Waals surface area contributed by atoms with Crippen molar-refractivity contribution in [1.29, 1.82) is 0 Å². The van der Waals surface area contributed by atoms with Crippen molar-refractivity contribution in [2.75, 3.05) is 51.0 Å². The van der Waals surface area contributed by atoms with Crippen LogP contribution in [0.15, 0.2) is 83.8 Å². The highest BCUT2D eigenvalue weighted by atomic mass is 32.2. The molecule has 0 bridgehead atoms. The third kappa shape index (κ3) is 18.4. The molecule has 3 atom stereocenters. The highest BCUT2D eigenvalue weighted by Gasteiger charge is 2.40. The monoisotopic (exact) mass is 990 g/mol. The highest BCUT2D eigenvalue weighted by Crippen LogP contribution is 2.26. The fourth-order valence-corrected chi connectivity index (χ4v) is 9.36. The van der Waals surface area contributed by atoms with Gasteiger partial charge in [-0.1, -0.05) is 55.0 Å². The van der Waals surface area contributed by atoms with Crippen LogP contribution in [0.2, 0.25) is 0 Å². The number of benzene rings is 3. The number of amides is 7. The van der Waals surface area contributed by atoms with E-state index in [0.29, 0.717) is 68.6 Å². The first-order chi connectivity index (χ1) is 33.3. The number of likely N-dealkylation sites (N-methyl/N-ethyl adjacent to an activating group) is 1. The molecule has 7 amide bonds. The summed E-state index contributed by atoms with van der Waals surface area (Å²) in [5.41, 5.74) is 2.13. The van der Waals surface area contributed by atoms with Crippen LogP contribution in [0.3, 0.4) is 0 Å². The van der Waals surface area contributed by atoms with Crippen molar-refractivity contribution in [3.63, 3.8) is 0 Å². The van der Waals surface area contributed by atoms with Gasteiger partial charge < -0.3 is 46.3 Å². The smallest absolute Gasteiger partial charge is 0.407 e. The number of carbonyl (C=O) groups excluding carboxylic acids is 7. The van der Waals surface area contributed by atoms with Crippen molar-refractivity contribution in [2.45, 2.75) is 127 Å². The summed E-state index contributed by atoms with van der Waals surface area (Å²) >= 11 is 0. The summed E-state index contributed by atoms with van der Waals surface area (Å²) in [4.78, 5) is 92.6. The zero-order valence-corrected chi connectivity index (χ0v) is 42.0.